The van der Waals surface area contributed by atoms with E-state index in [0.717, 1.165) is 38.5 Å². The minimum atomic E-state index is -1.95. The summed E-state index contributed by atoms with van der Waals surface area (Å²) in [7, 11) is -0.315. The number of Topliss-reactive ketones (excluding diaryl/α,β-unsaturated/α-hetero) is 1. The molecule has 0 radical (unpaired) electrons. The number of carbonyl (C=O) groups excluding carboxylic acids is 2. The predicted octanol–water partition coefficient (Wildman–Crippen LogP) is 6.77. The van der Waals surface area contributed by atoms with Gasteiger partial charge in [0.2, 0.25) is 0 Å². The summed E-state index contributed by atoms with van der Waals surface area (Å²) in [6, 6.07) is 0. The quantitative estimate of drug-likeness (QED) is 0.189. The number of ether oxygens (including phenoxy) is 3. The van der Waals surface area contributed by atoms with Crippen LogP contribution in [-0.4, -0.2) is 52.8 Å². The normalized spacial score (nSPS) is 41.1. The second kappa shape index (κ2) is 10.9. The Morgan fingerprint density at radius 2 is 1.63 bits per heavy atom. The van der Waals surface area contributed by atoms with Gasteiger partial charge in [-0.1, -0.05) is 34.6 Å². The highest BCUT2D eigenvalue weighted by Gasteiger charge is 2.62. The van der Waals surface area contributed by atoms with Gasteiger partial charge in [0.15, 0.2) is 14.1 Å². The summed E-state index contributed by atoms with van der Waals surface area (Å²) < 4.78 is 23.5. The van der Waals surface area contributed by atoms with Crippen molar-refractivity contribution >= 4 is 20.1 Å². The summed E-state index contributed by atoms with van der Waals surface area (Å²) in [4.78, 5) is 25.6. The van der Waals surface area contributed by atoms with Gasteiger partial charge in [-0.15, -0.1) is 0 Å². The zero-order valence-corrected chi connectivity index (χ0v) is 26.6. The molecule has 0 heterocycles. The Morgan fingerprint density at radius 3 is 2.26 bits per heavy atom. The SMILES string of the molecule is COCOC1CC2CCC3C(CCC4(C)C(C(=O)CO[Si](C)(C)C(C)(C)C)CCC34)C2(C)CC1OC(C)=O. The Hall–Kier alpha value is -0.763. The predicted molar refractivity (Wildman–Crippen MR) is 151 cm³/mol. The largest absolute Gasteiger partial charge is 0.460 e. The topological polar surface area (TPSA) is 71.1 Å². The van der Waals surface area contributed by atoms with Gasteiger partial charge in [0.05, 0.1) is 12.7 Å². The van der Waals surface area contributed by atoms with Crippen molar-refractivity contribution in [1.29, 1.82) is 0 Å². The van der Waals surface area contributed by atoms with Crippen LogP contribution in [0, 0.1) is 40.4 Å². The Morgan fingerprint density at radius 1 is 0.947 bits per heavy atom. The molecule has 0 amide bonds. The van der Waals surface area contributed by atoms with Gasteiger partial charge in [-0.05, 0) is 104 Å². The number of methoxy groups -OCH3 is 1. The molecule has 38 heavy (non-hydrogen) atoms. The van der Waals surface area contributed by atoms with Crippen molar-refractivity contribution in [3.63, 3.8) is 0 Å². The molecular weight excluding hydrogens is 496 g/mol. The molecule has 0 bridgehead atoms. The van der Waals surface area contributed by atoms with E-state index in [-0.39, 0.29) is 53.4 Å². The van der Waals surface area contributed by atoms with Gasteiger partial charge in [0, 0.05) is 20.0 Å². The lowest BCUT2D eigenvalue weighted by molar-refractivity contribution is -0.204. The van der Waals surface area contributed by atoms with Crippen molar-refractivity contribution in [2.24, 2.45) is 40.4 Å². The standard InChI is InChI=1S/C31H54O6Si/c1-20(32)37-28-17-31(6)21(16-27(28)35-19-34-7)10-11-22-23-12-13-25(30(23,5)15-14-24(22)31)26(33)18-36-38(8,9)29(2,3)4/h21-25,27-28H,10-19H2,1-9H3. The smallest absolute Gasteiger partial charge is 0.302 e. The monoisotopic (exact) mass is 550 g/mol. The first-order chi connectivity index (χ1) is 17.6. The molecule has 4 saturated carbocycles. The van der Waals surface area contributed by atoms with Crippen molar-refractivity contribution in [3.05, 3.63) is 0 Å². The average Bonchev–Trinajstić information content (AvgIpc) is 3.17. The fourth-order valence-corrected chi connectivity index (χ4v) is 9.93. The lowest BCUT2D eigenvalue weighted by Gasteiger charge is -2.61. The minimum absolute atomic E-state index is 0.0757. The zero-order chi connectivity index (χ0) is 28.1. The van der Waals surface area contributed by atoms with Crippen LogP contribution in [0.1, 0.15) is 92.9 Å². The van der Waals surface area contributed by atoms with E-state index in [4.69, 9.17) is 18.6 Å². The molecule has 0 spiro atoms. The lowest BCUT2D eigenvalue weighted by Crippen LogP contribution is -2.58. The number of fused-ring (bicyclic) bond motifs is 5. The third-order valence-corrected chi connectivity index (χ3v) is 16.6. The first-order valence-electron chi connectivity index (χ1n) is 15.1. The number of hydrogen-bond acceptors (Lipinski definition) is 6. The van der Waals surface area contributed by atoms with Crippen molar-refractivity contribution in [2.45, 2.75) is 123 Å². The van der Waals surface area contributed by atoms with Gasteiger partial charge in [0.1, 0.15) is 12.9 Å². The minimum Gasteiger partial charge on any atom is -0.460 e. The van der Waals surface area contributed by atoms with Gasteiger partial charge >= 0.3 is 5.97 Å². The van der Waals surface area contributed by atoms with Crippen LogP contribution in [0.25, 0.3) is 0 Å². The molecule has 0 aromatic heterocycles. The number of ketones is 1. The van der Waals surface area contributed by atoms with Gasteiger partial charge in [-0.25, -0.2) is 0 Å². The molecular formula is C31H54O6Si. The summed E-state index contributed by atoms with van der Waals surface area (Å²) in [5.74, 6) is 2.64. The molecule has 218 valence electrons. The highest BCUT2D eigenvalue weighted by atomic mass is 28.4. The van der Waals surface area contributed by atoms with E-state index in [1.54, 1.807) is 7.11 Å². The first-order valence-corrected chi connectivity index (χ1v) is 18.0. The molecule has 6 nitrogen and oxygen atoms in total. The van der Waals surface area contributed by atoms with E-state index in [0.29, 0.717) is 29.5 Å². The van der Waals surface area contributed by atoms with Crippen LogP contribution in [0.15, 0.2) is 0 Å². The number of carbonyl (C=O) groups is 2. The van der Waals surface area contributed by atoms with Gasteiger partial charge in [-0.3, -0.25) is 9.59 Å². The first kappa shape index (κ1) is 30.2. The third kappa shape index (κ3) is 5.43. The van der Waals surface area contributed by atoms with Crippen LogP contribution in [0.3, 0.4) is 0 Å². The second-order valence-corrected chi connectivity index (χ2v) is 19.9. The molecule has 9 unspecified atom stereocenters. The summed E-state index contributed by atoms with van der Waals surface area (Å²) in [6.07, 6.45) is 8.33. The average molecular weight is 551 g/mol. The Kier molecular flexibility index (Phi) is 8.67. The molecule has 0 N–H and O–H groups in total. The van der Waals surface area contributed by atoms with E-state index >= 15 is 0 Å². The zero-order valence-electron chi connectivity index (χ0n) is 25.6. The Balaban J connectivity index is 1.48. The summed E-state index contributed by atoms with van der Waals surface area (Å²) >= 11 is 0. The number of rotatable bonds is 8. The maximum absolute atomic E-state index is 13.6. The molecule has 4 rings (SSSR count). The summed E-state index contributed by atoms with van der Waals surface area (Å²) in [6.45, 7) is 18.1. The molecule has 0 aromatic rings. The molecule has 4 aliphatic carbocycles. The van der Waals surface area contributed by atoms with Crippen LogP contribution in [0.4, 0.5) is 0 Å². The molecule has 7 heteroatoms. The highest BCUT2D eigenvalue weighted by Crippen LogP contribution is 2.67. The van der Waals surface area contributed by atoms with Crippen molar-refractivity contribution < 1.29 is 28.2 Å². The maximum atomic E-state index is 13.6. The maximum Gasteiger partial charge on any atom is 0.302 e. The van der Waals surface area contributed by atoms with E-state index in [9.17, 15) is 9.59 Å². The van der Waals surface area contributed by atoms with Crippen LogP contribution in [0.5, 0.6) is 0 Å². The molecule has 0 saturated heterocycles. The van der Waals surface area contributed by atoms with Crippen molar-refractivity contribution in [2.75, 3.05) is 20.5 Å². The molecule has 4 fully saturated rings. The Labute approximate surface area is 232 Å². The van der Waals surface area contributed by atoms with Crippen molar-refractivity contribution in [1.82, 2.24) is 0 Å². The molecule has 9 atom stereocenters. The molecule has 0 aromatic carbocycles. The lowest BCUT2D eigenvalue weighted by atomic mass is 9.44. The van der Waals surface area contributed by atoms with Crippen LogP contribution in [0.2, 0.25) is 18.1 Å². The van der Waals surface area contributed by atoms with Crippen molar-refractivity contribution in [3.8, 4) is 0 Å². The fraction of sp³-hybridized carbons (Fsp3) is 0.935. The fourth-order valence-electron chi connectivity index (χ4n) is 9.00. The van der Waals surface area contributed by atoms with Crippen LogP contribution < -0.4 is 0 Å². The van der Waals surface area contributed by atoms with Gasteiger partial charge < -0.3 is 18.6 Å². The van der Waals surface area contributed by atoms with E-state index in [2.05, 4.69) is 47.7 Å². The van der Waals surface area contributed by atoms with E-state index < -0.39 is 8.32 Å². The molecule has 4 aliphatic rings. The Bertz CT molecular complexity index is 882. The van der Waals surface area contributed by atoms with E-state index in [1.165, 1.54) is 19.8 Å². The van der Waals surface area contributed by atoms with Gasteiger partial charge in [0.25, 0.3) is 0 Å². The van der Waals surface area contributed by atoms with Gasteiger partial charge in [-0.2, -0.15) is 0 Å². The van der Waals surface area contributed by atoms with Crippen LogP contribution in [-0.2, 0) is 28.2 Å². The summed E-state index contributed by atoms with van der Waals surface area (Å²) in [5, 5.41) is 0.110. The number of hydrogen-bond donors (Lipinski definition) is 0. The third-order valence-electron chi connectivity index (χ3n) is 12.1. The molecule has 0 aliphatic heterocycles. The second-order valence-electron chi connectivity index (χ2n) is 15.0. The summed E-state index contributed by atoms with van der Waals surface area (Å²) in [5.41, 5.74) is 0.205. The highest BCUT2D eigenvalue weighted by molar-refractivity contribution is 6.74. The van der Waals surface area contributed by atoms with Crippen LogP contribution >= 0.6 is 0 Å². The number of esters is 1. The van der Waals surface area contributed by atoms with E-state index in [1.807, 2.05) is 0 Å².